The molecule has 0 spiro atoms. The van der Waals surface area contributed by atoms with Crippen LogP contribution in [-0.2, 0) is 19.1 Å². The van der Waals surface area contributed by atoms with Crippen molar-refractivity contribution in [2.75, 3.05) is 6.54 Å². The molecule has 0 aromatic carbocycles. The Morgan fingerprint density at radius 2 is 1.15 bits per heavy atom. The number of rotatable bonds is 35. The van der Waals surface area contributed by atoms with Crippen LogP contribution in [0, 0.1) is 0 Å². The highest BCUT2D eigenvalue weighted by atomic mass is 16.5. The minimum Gasteiger partial charge on any atom is -0.480 e. The van der Waals surface area contributed by atoms with Crippen LogP contribution in [0.5, 0.6) is 0 Å². The van der Waals surface area contributed by atoms with E-state index in [1.165, 1.54) is 77.0 Å². The lowest BCUT2D eigenvalue weighted by molar-refractivity contribution is -0.147. The largest absolute Gasteiger partial charge is 0.480 e. The smallest absolute Gasteiger partial charge is 0.326 e. The molecular weight excluding hydrogens is 600 g/mol. The van der Waals surface area contributed by atoms with E-state index in [0.717, 1.165) is 70.6 Å². The summed E-state index contributed by atoms with van der Waals surface area (Å²) in [6, 6.07) is -0.855. The summed E-state index contributed by atoms with van der Waals surface area (Å²) in [5.41, 5.74) is 5.46. The van der Waals surface area contributed by atoms with Crippen molar-refractivity contribution in [1.82, 2.24) is 5.32 Å². The van der Waals surface area contributed by atoms with E-state index in [9.17, 15) is 19.5 Å². The van der Waals surface area contributed by atoms with Crippen molar-refractivity contribution in [2.24, 2.45) is 5.73 Å². The molecule has 1 amide bonds. The molecule has 0 radical (unpaired) electrons. The number of nitrogens with two attached hydrogens (primary N) is 1. The van der Waals surface area contributed by atoms with E-state index >= 15 is 0 Å². The predicted molar refractivity (Wildman–Crippen MR) is 202 cm³/mol. The van der Waals surface area contributed by atoms with Crippen molar-refractivity contribution < 1.29 is 24.2 Å². The van der Waals surface area contributed by atoms with Crippen molar-refractivity contribution >= 4 is 17.8 Å². The Kier molecular flexibility index (Phi) is 34.1. The summed E-state index contributed by atoms with van der Waals surface area (Å²) < 4.78 is 5.91. The highest BCUT2D eigenvalue weighted by Crippen LogP contribution is 2.15. The Hall–Kier alpha value is -2.41. The normalized spacial score (nSPS) is 13.1. The van der Waals surface area contributed by atoms with Crippen LogP contribution in [0.3, 0.4) is 0 Å². The monoisotopic (exact) mass is 675 g/mol. The van der Waals surface area contributed by atoms with Crippen LogP contribution in [0.1, 0.15) is 187 Å². The fourth-order valence-electron chi connectivity index (χ4n) is 5.63. The number of allylic oxidation sites excluding steroid dienone is 5. The highest BCUT2D eigenvalue weighted by Gasteiger charge is 2.18. The fourth-order valence-corrected chi connectivity index (χ4v) is 5.63. The Bertz CT molecular complexity index is 854. The quantitative estimate of drug-likeness (QED) is 0.0350. The van der Waals surface area contributed by atoms with Gasteiger partial charge in [0.15, 0.2) is 0 Å². The van der Waals surface area contributed by atoms with Crippen molar-refractivity contribution in [3.8, 4) is 0 Å². The third-order valence-electron chi connectivity index (χ3n) is 8.66. The van der Waals surface area contributed by atoms with Crippen LogP contribution in [0.15, 0.2) is 36.5 Å². The Morgan fingerprint density at radius 3 is 1.77 bits per heavy atom. The zero-order valence-electron chi connectivity index (χ0n) is 31.1. The molecule has 0 saturated heterocycles. The van der Waals surface area contributed by atoms with Gasteiger partial charge in [0.2, 0.25) is 5.91 Å². The highest BCUT2D eigenvalue weighted by molar-refractivity contribution is 5.83. The maximum absolute atomic E-state index is 12.7. The van der Waals surface area contributed by atoms with Gasteiger partial charge in [-0.3, -0.25) is 9.59 Å². The first-order valence-corrected chi connectivity index (χ1v) is 19.8. The molecule has 0 aliphatic heterocycles. The number of hydrogen-bond donors (Lipinski definition) is 3. The topological polar surface area (TPSA) is 119 Å². The number of esters is 1. The number of carbonyl (C=O) groups is 3. The third kappa shape index (κ3) is 32.2. The van der Waals surface area contributed by atoms with Crippen LogP contribution in [0.4, 0.5) is 0 Å². The van der Waals surface area contributed by atoms with Crippen LogP contribution < -0.4 is 11.1 Å². The van der Waals surface area contributed by atoms with Gasteiger partial charge in [-0.05, 0) is 96.1 Å². The number of nitrogens with one attached hydrogen (secondary N) is 1. The number of carboxylic acid groups (broad SMARTS) is 1. The number of ether oxygens (including phenoxy) is 1. The summed E-state index contributed by atoms with van der Waals surface area (Å²) in [6.45, 7) is 4.88. The lowest BCUT2D eigenvalue weighted by Crippen LogP contribution is -2.40. The Labute approximate surface area is 295 Å². The first kappa shape index (κ1) is 45.6. The number of hydrogen-bond acceptors (Lipinski definition) is 5. The molecule has 0 saturated carbocycles. The summed E-state index contributed by atoms with van der Waals surface area (Å²) in [4.78, 5) is 36.1. The van der Waals surface area contributed by atoms with E-state index < -0.39 is 12.0 Å². The molecule has 0 heterocycles. The molecule has 2 unspecified atom stereocenters. The molecule has 7 heteroatoms. The van der Waals surface area contributed by atoms with E-state index in [-0.39, 0.29) is 18.0 Å². The standard InChI is InChI=1S/C41H74N2O5/c1-3-5-7-9-11-13-14-15-16-17-19-25-29-35-40(45)48-37(31-26-22-18-12-10-8-6-4-2)32-27-23-20-21-24-28-34-39(44)43-38(41(46)47)33-30-36-42/h12-14,18,26,31,37-38H,3-11,15-17,19-25,27-30,32-36,42H2,1-2H3,(H,43,44)(H,46,47)/b14-13-,18-12-,31-26-. The molecule has 4 N–H and O–H groups in total. The molecule has 0 bridgehead atoms. The Morgan fingerprint density at radius 1 is 0.625 bits per heavy atom. The number of carbonyl (C=O) groups excluding carboxylic acids is 2. The van der Waals surface area contributed by atoms with Gasteiger partial charge in [-0.1, -0.05) is 121 Å². The second-order valence-electron chi connectivity index (χ2n) is 13.3. The first-order chi connectivity index (χ1) is 23.4. The maximum atomic E-state index is 12.7. The molecule has 0 aliphatic carbocycles. The van der Waals surface area contributed by atoms with Crippen molar-refractivity contribution in [3.05, 3.63) is 36.5 Å². The van der Waals surface area contributed by atoms with Gasteiger partial charge in [0, 0.05) is 12.8 Å². The van der Waals surface area contributed by atoms with Crippen LogP contribution in [0.2, 0.25) is 0 Å². The summed E-state index contributed by atoms with van der Waals surface area (Å²) in [6.07, 6.45) is 40.6. The Balaban J connectivity index is 4.32. The number of aliphatic carboxylic acids is 1. The van der Waals surface area contributed by atoms with Gasteiger partial charge < -0.3 is 20.9 Å². The van der Waals surface area contributed by atoms with Gasteiger partial charge in [0.1, 0.15) is 12.1 Å². The molecule has 2 atom stereocenters. The summed E-state index contributed by atoms with van der Waals surface area (Å²) in [5, 5.41) is 11.9. The molecule has 0 aromatic heterocycles. The van der Waals surface area contributed by atoms with E-state index in [0.29, 0.717) is 32.2 Å². The van der Waals surface area contributed by atoms with Crippen LogP contribution in [0.25, 0.3) is 0 Å². The molecule has 0 fully saturated rings. The van der Waals surface area contributed by atoms with Crippen LogP contribution in [-0.4, -0.2) is 41.6 Å². The van der Waals surface area contributed by atoms with Gasteiger partial charge in [0.25, 0.3) is 0 Å². The number of unbranched alkanes of at least 4 members (excludes halogenated alkanes) is 17. The van der Waals surface area contributed by atoms with Crippen LogP contribution >= 0.6 is 0 Å². The zero-order valence-corrected chi connectivity index (χ0v) is 31.1. The average molecular weight is 675 g/mol. The van der Waals surface area contributed by atoms with E-state index in [1.807, 2.05) is 0 Å². The van der Waals surface area contributed by atoms with Crippen molar-refractivity contribution in [3.63, 3.8) is 0 Å². The van der Waals surface area contributed by atoms with Gasteiger partial charge in [0.05, 0.1) is 0 Å². The molecule has 278 valence electrons. The summed E-state index contributed by atoms with van der Waals surface area (Å²) >= 11 is 0. The molecular formula is C41H74N2O5. The fraction of sp³-hybridized carbons (Fsp3) is 0.780. The minimum absolute atomic E-state index is 0.0859. The number of carboxylic acids is 1. The molecule has 0 aromatic rings. The van der Waals surface area contributed by atoms with Gasteiger partial charge >= 0.3 is 11.9 Å². The van der Waals surface area contributed by atoms with Gasteiger partial charge in [-0.2, -0.15) is 0 Å². The number of amides is 1. The molecule has 48 heavy (non-hydrogen) atoms. The second kappa shape index (κ2) is 35.9. The van der Waals surface area contributed by atoms with E-state index in [4.69, 9.17) is 10.5 Å². The zero-order chi connectivity index (χ0) is 35.3. The van der Waals surface area contributed by atoms with Crippen molar-refractivity contribution in [2.45, 2.75) is 199 Å². The van der Waals surface area contributed by atoms with Crippen molar-refractivity contribution in [1.29, 1.82) is 0 Å². The SMILES string of the molecule is CCCCC/C=C\C/C=C\C(CCCCCCCCC(=O)NC(CCCN)C(=O)O)OC(=O)CCCCCCC/C=C\CCCCCC. The lowest BCUT2D eigenvalue weighted by atomic mass is 10.0. The van der Waals surface area contributed by atoms with E-state index in [1.54, 1.807) is 0 Å². The summed E-state index contributed by atoms with van der Waals surface area (Å²) in [7, 11) is 0. The molecule has 0 rings (SSSR count). The average Bonchev–Trinajstić information content (AvgIpc) is 3.07. The first-order valence-electron chi connectivity index (χ1n) is 19.8. The molecule has 0 aliphatic rings. The van der Waals surface area contributed by atoms with Gasteiger partial charge in [-0.15, -0.1) is 0 Å². The minimum atomic E-state index is -1.01. The molecule has 7 nitrogen and oxygen atoms in total. The third-order valence-corrected chi connectivity index (χ3v) is 8.66. The predicted octanol–water partition coefficient (Wildman–Crippen LogP) is 10.7. The summed E-state index contributed by atoms with van der Waals surface area (Å²) in [5.74, 6) is -1.30. The maximum Gasteiger partial charge on any atom is 0.326 e. The lowest BCUT2D eigenvalue weighted by Gasteiger charge is -2.15. The second-order valence-corrected chi connectivity index (χ2v) is 13.3. The van der Waals surface area contributed by atoms with E-state index in [2.05, 4.69) is 55.6 Å². The van der Waals surface area contributed by atoms with Gasteiger partial charge in [-0.25, -0.2) is 4.79 Å².